The Kier molecular flexibility index (Phi) is 6.86. The van der Waals surface area contributed by atoms with Crippen LogP contribution in [-0.2, 0) is 0 Å². The third-order valence-corrected chi connectivity index (χ3v) is 5.38. The minimum Gasteiger partial charge on any atom is -0.311 e. The highest BCUT2D eigenvalue weighted by atomic mass is 35.5. The molecule has 0 aromatic rings. The van der Waals surface area contributed by atoms with Crippen LogP contribution in [-0.4, -0.2) is 36.6 Å². The SMILES string of the molecule is CCCC1CN(CC(C)=CCl)C(C2CCCCC2)CN1. The van der Waals surface area contributed by atoms with Gasteiger partial charge in [0, 0.05) is 37.3 Å². The first kappa shape index (κ1) is 16.3. The van der Waals surface area contributed by atoms with E-state index in [1.54, 1.807) is 5.54 Å². The molecule has 3 heteroatoms. The van der Waals surface area contributed by atoms with Crippen molar-refractivity contribution in [3.8, 4) is 0 Å². The summed E-state index contributed by atoms with van der Waals surface area (Å²) in [5, 5.41) is 3.79. The normalized spacial score (nSPS) is 30.6. The second-order valence-electron chi connectivity index (χ2n) is 6.74. The van der Waals surface area contributed by atoms with Gasteiger partial charge in [-0.15, -0.1) is 0 Å². The largest absolute Gasteiger partial charge is 0.311 e. The molecule has 1 aliphatic carbocycles. The molecule has 2 fully saturated rings. The number of piperazine rings is 1. The Labute approximate surface area is 129 Å². The fourth-order valence-electron chi connectivity index (χ4n) is 3.96. The van der Waals surface area contributed by atoms with E-state index in [-0.39, 0.29) is 0 Å². The Morgan fingerprint density at radius 3 is 2.70 bits per heavy atom. The quantitative estimate of drug-likeness (QED) is 0.820. The molecule has 2 atom stereocenters. The van der Waals surface area contributed by atoms with Crippen LogP contribution < -0.4 is 5.32 Å². The lowest BCUT2D eigenvalue weighted by Crippen LogP contribution is -2.59. The lowest BCUT2D eigenvalue weighted by molar-refractivity contribution is 0.0780. The molecule has 20 heavy (non-hydrogen) atoms. The molecular formula is C17H31ClN2. The van der Waals surface area contributed by atoms with Crippen LogP contribution in [0.15, 0.2) is 11.1 Å². The zero-order valence-electron chi connectivity index (χ0n) is 13.2. The van der Waals surface area contributed by atoms with Gasteiger partial charge in [0.15, 0.2) is 0 Å². The van der Waals surface area contributed by atoms with Crippen molar-refractivity contribution in [2.45, 2.75) is 70.9 Å². The molecule has 116 valence electrons. The maximum atomic E-state index is 5.90. The number of nitrogens with zero attached hydrogens (tertiary/aromatic N) is 1. The Morgan fingerprint density at radius 1 is 1.30 bits per heavy atom. The summed E-state index contributed by atoms with van der Waals surface area (Å²) in [6, 6.07) is 1.39. The summed E-state index contributed by atoms with van der Waals surface area (Å²) in [5.74, 6) is 0.891. The highest BCUT2D eigenvalue weighted by molar-refractivity contribution is 6.25. The Balaban J connectivity index is 1.99. The van der Waals surface area contributed by atoms with Crippen molar-refractivity contribution in [3.63, 3.8) is 0 Å². The van der Waals surface area contributed by atoms with Crippen molar-refractivity contribution in [3.05, 3.63) is 11.1 Å². The fourth-order valence-corrected chi connectivity index (χ4v) is 4.03. The zero-order chi connectivity index (χ0) is 14.4. The molecule has 2 nitrogen and oxygen atoms in total. The maximum Gasteiger partial charge on any atom is 0.0253 e. The zero-order valence-corrected chi connectivity index (χ0v) is 14.0. The van der Waals surface area contributed by atoms with Crippen LogP contribution in [0.3, 0.4) is 0 Å². The van der Waals surface area contributed by atoms with Crippen molar-refractivity contribution in [1.82, 2.24) is 10.2 Å². The van der Waals surface area contributed by atoms with Crippen LogP contribution in [0.5, 0.6) is 0 Å². The third kappa shape index (κ3) is 4.47. The summed E-state index contributed by atoms with van der Waals surface area (Å²) in [7, 11) is 0. The summed E-state index contributed by atoms with van der Waals surface area (Å²) in [6.45, 7) is 7.85. The molecule has 0 radical (unpaired) electrons. The second kappa shape index (κ2) is 8.41. The van der Waals surface area contributed by atoms with E-state index in [0.717, 1.165) is 18.5 Å². The van der Waals surface area contributed by atoms with Crippen LogP contribution >= 0.6 is 11.6 Å². The Hall–Kier alpha value is -0.0500. The number of hydrogen-bond donors (Lipinski definition) is 1. The second-order valence-corrected chi connectivity index (χ2v) is 6.96. The van der Waals surface area contributed by atoms with Crippen LogP contribution in [0.1, 0.15) is 58.8 Å². The number of rotatable bonds is 5. The average molecular weight is 299 g/mol. The van der Waals surface area contributed by atoms with Crippen molar-refractivity contribution in [2.75, 3.05) is 19.6 Å². The van der Waals surface area contributed by atoms with Crippen molar-refractivity contribution in [2.24, 2.45) is 5.92 Å². The van der Waals surface area contributed by atoms with E-state index in [9.17, 15) is 0 Å². The summed E-state index contributed by atoms with van der Waals surface area (Å²) < 4.78 is 0. The summed E-state index contributed by atoms with van der Waals surface area (Å²) in [6.07, 6.45) is 9.70. The molecule has 0 spiro atoms. The standard InChI is InChI=1S/C17H31ClN2/c1-3-7-16-13-20(12-14(2)10-18)17(11-19-16)15-8-5-4-6-9-15/h10,15-17,19H,3-9,11-13H2,1-2H3. The summed E-state index contributed by atoms with van der Waals surface area (Å²) in [5.41, 5.74) is 3.05. The topological polar surface area (TPSA) is 15.3 Å². The average Bonchev–Trinajstić information content (AvgIpc) is 2.48. The minimum absolute atomic E-state index is 0.669. The molecule has 1 heterocycles. The molecule has 0 amide bonds. The monoisotopic (exact) mass is 298 g/mol. The van der Waals surface area contributed by atoms with Gasteiger partial charge in [0.25, 0.3) is 0 Å². The highest BCUT2D eigenvalue weighted by Gasteiger charge is 2.33. The van der Waals surface area contributed by atoms with E-state index in [1.165, 1.54) is 63.6 Å². The minimum atomic E-state index is 0.669. The van der Waals surface area contributed by atoms with Gasteiger partial charge in [-0.1, -0.05) is 44.2 Å². The van der Waals surface area contributed by atoms with Gasteiger partial charge < -0.3 is 5.32 Å². The third-order valence-electron chi connectivity index (χ3n) is 5.01. The van der Waals surface area contributed by atoms with Crippen molar-refractivity contribution >= 4 is 11.6 Å². The predicted octanol–water partition coefficient (Wildman–Crippen LogP) is 4.15. The first-order valence-corrected chi connectivity index (χ1v) is 8.91. The van der Waals surface area contributed by atoms with Gasteiger partial charge in [0.1, 0.15) is 0 Å². The van der Waals surface area contributed by atoms with Crippen LogP contribution in [0.4, 0.5) is 0 Å². The smallest absolute Gasteiger partial charge is 0.0253 e. The van der Waals surface area contributed by atoms with E-state index in [0.29, 0.717) is 6.04 Å². The van der Waals surface area contributed by atoms with Crippen LogP contribution in [0, 0.1) is 5.92 Å². The van der Waals surface area contributed by atoms with Gasteiger partial charge >= 0.3 is 0 Å². The lowest BCUT2D eigenvalue weighted by atomic mass is 9.82. The molecule has 2 aliphatic rings. The number of halogens is 1. The van der Waals surface area contributed by atoms with E-state index in [1.807, 2.05) is 0 Å². The van der Waals surface area contributed by atoms with Gasteiger partial charge in [0.2, 0.25) is 0 Å². The molecule has 1 saturated heterocycles. The molecule has 0 bridgehead atoms. The highest BCUT2D eigenvalue weighted by Crippen LogP contribution is 2.30. The molecule has 2 unspecified atom stereocenters. The van der Waals surface area contributed by atoms with Gasteiger partial charge in [0.05, 0.1) is 0 Å². The van der Waals surface area contributed by atoms with E-state index in [2.05, 4.69) is 24.1 Å². The molecule has 0 aromatic carbocycles. The molecule has 1 N–H and O–H groups in total. The first-order chi connectivity index (χ1) is 9.74. The Morgan fingerprint density at radius 2 is 2.05 bits per heavy atom. The summed E-state index contributed by atoms with van der Waals surface area (Å²) >= 11 is 5.90. The molecule has 1 saturated carbocycles. The van der Waals surface area contributed by atoms with Gasteiger partial charge in [-0.2, -0.15) is 0 Å². The van der Waals surface area contributed by atoms with Crippen LogP contribution in [0.2, 0.25) is 0 Å². The van der Waals surface area contributed by atoms with Crippen LogP contribution in [0.25, 0.3) is 0 Å². The molecule has 2 rings (SSSR count). The Bertz CT molecular complexity index is 310. The molecule has 0 aromatic heterocycles. The van der Waals surface area contributed by atoms with Gasteiger partial charge in [-0.05, 0) is 37.7 Å². The fraction of sp³-hybridized carbons (Fsp3) is 0.882. The first-order valence-electron chi connectivity index (χ1n) is 8.48. The van der Waals surface area contributed by atoms with Crippen molar-refractivity contribution in [1.29, 1.82) is 0 Å². The number of nitrogens with one attached hydrogen (secondary N) is 1. The molecular weight excluding hydrogens is 268 g/mol. The van der Waals surface area contributed by atoms with Gasteiger partial charge in [-0.3, -0.25) is 4.90 Å². The summed E-state index contributed by atoms with van der Waals surface area (Å²) in [4.78, 5) is 2.71. The molecule has 1 aliphatic heterocycles. The van der Waals surface area contributed by atoms with E-state index < -0.39 is 0 Å². The lowest BCUT2D eigenvalue weighted by Gasteiger charge is -2.45. The predicted molar refractivity (Wildman–Crippen MR) is 88.2 cm³/mol. The number of hydrogen-bond acceptors (Lipinski definition) is 2. The van der Waals surface area contributed by atoms with Crippen molar-refractivity contribution < 1.29 is 0 Å². The van der Waals surface area contributed by atoms with Gasteiger partial charge in [-0.25, -0.2) is 0 Å². The van der Waals surface area contributed by atoms with E-state index in [4.69, 9.17) is 11.6 Å². The maximum absolute atomic E-state index is 5.90. The van der Waals surface area contributed by atoms with E-state index >= 15 is 0 Å².